The first-order chi connectivity index (χ1) is 13.9. The van der Waals surface area contributed by atoms with Gasteiger partial charge < -0.3 is 9.15 Å². The third-order valence-corrected chi connectivity index (χ3v) is 5.52. The summed E-state index contributed by atoms with van der Waals surface area (Å²) in [6.45, 7) is -0.316. The highest BCUT2D eigenvalue weighted by atomic mass is 35.5. The van der Waals surface area contributed by atoms with E-state index in [1.165, 1.54) is 30.1 Å². The third kappa shape index (κ3) is 6.59. The van der Waals surface area contributed by atoms with Gasteiger partial charge in [0.15, 0.2) is 11.7 Å². The smallest absolute Gasteiger partial charge is 0.277 e. The number of furan rings is 1. The fourth-order valence-corrected chi connectivity index (χ4v) is 3.60. The first-order valence-electron chi connectivity index (χ1n) is 8.03. The molecule has 10 heteroatoms. The predicted octanol–water partition coefficient (Wildman–Crippen LogP) is 6.57. The van der Waals surface area contributed by atoms with Gasteiger partial charge in [-0.05, 0) is 42.5 Å². The Hall–Kier alpha value is -1.83. The van der Waals surface area contributed by atoms with Gasteiger partial charge in [0, 0.05) is 21.0 Å². The van der Waals surface area contributed by atoms with Crippen LogP contribution in [0, 0.1) is 0 Å². The topological polar surface area (TPSA) is 63.8 Å². The van der Waals surface area contributed by atoms with Crippen molar-refractivity contribution < 1.29 is 13.9 Å². The lowest BCUT2D eigenvalue weighted by Crippen LogP contribution is -2.24. The summed E-state index contributed by atoms with van der Waals surface area (Å²) in [6.07, 6.45) is 1.38. The Morgan fingerprint density at radius 3 is 2.59 bits per heavy atom. The summed E-state index contributed by atoms with van der Waals surface area (Å²) in [6, 6.07) is 13.9. The van der Waals surface area contributed by atoms with E-state index in [-0.39, 0.29) is 22.4 Å². The van der Waals surface area contributed by atoms with Crippen LogP contribution in [-0.4, -0.2) is 18.7 Å². The molecule has 0 atom stereocenters. The Morgan fingerprint density at radius 1 is 1.07 bits per heavy atom. The van der Waals surface area contributed by atoms with Crippen LogP contribution >= 0.6 is 58.2 Å². The summed E-state index contributed by atoms with van der Waals surface area (Å²) < 4.78 is 10.9. The lowest BCUT2D eigenvalue weighted by Gasteiger charge is -2.08. The average molecular weight is 490 g/mol. The van der Waals surface area contributed by atoms with Crippen molar-refractivity contribution >= 4 is 70.3 Å². The molecule has 5 nitrogen and oxygen atoms in total. The molecule has 1 heterocycles. The average Bonchev–Trinajstić information content (AvgIpc) is 3.12. The first-order valence-corrected chi connectivity index (χ1v) is 10.4. The maximum Gasteiger partial charge on any atom is 0.277 e. The molecule has 0 bridgehead atoms. The van der Waals surface area contributed by atoms with Crippen molar-refractivity contribution in [3.05, 3.63) is 74.4 Å². The number of hydrogen-bond acceptors (Lipinski definition) is 5. The van der Waals surface area contributed by atoms with Crippen molar-refractivity contribution in [3.63, 3.8) is 0 Å². The van der Waals surface area contributed by atoms with Crippen molar-refractivity contribution in [2.45, 2.75) is 9.99 Å². The largest absolute Gasteiger partial charge is 0.482 e. The molecule has 150 valence electrons. The van der Waals surface area contributed by atoms with Gasteiger partial charge in [0.1, 0.15) is 16.5 Å². The van der Waals surface area contributed by atoms with Gasteiger partial charge in [-0.25, -0.2) is 5.43 Å². The standard InChI is InChI=1S/C19H12Cl4N2O3S/c20-11-1-4-14(5-2-11)29-18-6-3-13(28-18)9-24-25-17(26)10-27-16-8-12(21)7-15(22)19(16)23/h1-9H,10H2,(H,25,26)/b24-9-. The molecule has 0 aliphatic heterocycles. The number of carbonyl (C=O) groups is 1. The molecule has 0 aliphatic rings. The van der Waals surface area contributed by atoms with Crippen LogP contribution in [0.4, 0.5) is 0 Å². The van der Waals surface area contributed by atoms with E-state index >= 15 is 0 Å². The van der Waals surface area contributed by atoms with Crippen LogP contribution in [0.15, 0.2) is 68.0 Å². The minimum absolute atomic E-state index is 0.175. The van der Waals surface area contributed by atoms with Gasteiger partial charge in [-0.1, -0.05) is 58.2 Å². The van der Waals surface area contributed by atoms with Crippen LogP contribution < -0.4 is 10.2 Å². The number of benzene rings is 2. The minimum atomic E-state index is -0.490. The van der Waals surface area contributed by atoms with Crippen LogP contribution in [0.3, 0.4) is 0 Å². The van der Waals surface area contributed by atoms with Crippen LogP contribution in [0.2, 0.25) is 20.1 Å². The number of carbonyl (C=O) groups excluding carboxylic acids is 1. The van der Waals surface area contributed by atoms with Crippen molar-refractivity contribution in [3.8, 4) is 5.75 Å². The molecule has 0 fully saturated rings. The van der Waals surface area contributed by atoms with Gasteiger partial charge in [0.05, 0.1) is 11.2 Å². The molecule has 2 aromatic carbocycles. The number of ether oxygens (including phenoxy) is 1. The fraction of sp³-hybridized carbons (Fsp3) is 0.0526. The summed E-state index contributed by atoms with van der Waals surface area (Å²) in [5.74, 6) is 0.196. The Balaban J connectivity index is 1.49. The molecule has 1 N–H and O–H groups in total. The number of rotatable bonds is 7. The zero-order chi connectivity index (χ0) is 20.8. The van der Waals surface area contributed by atoms with Crippen molar-refractivity contribution in [2.24, 2.45) is 5.10 Å². The number of halogens is 4. The van der Waals surface area contributed by atoms with Gasteiger partial charge >= 0.3 is 0 Å². The summed E-state index contributed by atoms with van der Waals surface area (Å²) >= 11 is 25.1. The maximum atomic E-state index is 11.9. The van der Waals surface area contributed by atoms with E-state index in [2.05, 4.69) is 10.5 Å². The van der Waals surface area contributed by atoms with Crippen molar-refractivity contribution in [1.82, 2.24) is 5.43 Å². The molecular weight excluding hydrogens is 478 g/mol. The molecule has 0 aliphatic carbocycles. The van der Waals surface area contributed by atoms with E-state index < -0.39 is 5.91 Å². The third-order valence-electron chi connectivity index (χ3n) is 3.33. The molecule has 0 spiro atoms. The van der Waals surface area contributed by atoms with E-state index in [4.69, 9.17) is 55.6 Å². The van der Waals surface area contributed by atoms with Gasteiger partial charge in [0.2, 0.25) is 0 Å². The Bertz CT molecular complexity index is 1040. The summed E-state index contributed by atoms with van der Waals surface area (Å²) in [5.41, 5.74) is 2.33. The molecule has 3 rings (SSSR count). The van der Waals surface area contributed by atoms with Gasteiger partial charge in [0.25, 0.3) is 5.91 Å². The van der Waals surface area contributed by atoms with Gasteiger partial charge in [-0.3, -0.25) is 4.79 Å². The number of nitrogens with one attached hydrogen (secondary N) is 1. The van der Waals surface area contributed by atoms with Crippen LogP contribution in [0.5, 0.6) is 5.75 Å². The number of hydrazone groups is 1. The SMILES string of the molecule is O=C(COc1cc(Cl)cc(Cl)c1Cl)N/N=C\c1ccc(Sc2ccc(Cl)cc2)o1. The van der Waals surface area contributed by atoms with E-state index in [1.54, 1.807) is 24.3 Å². The normalized spacial score (nSPS) is 11.0. The number of amides is 1. The summed E-state index contributed by atoms with van der Waals surface area (Å²) in [7, 11) is 0. The van der Waals surface area contributed by atoms with Crippen molar-refractivity contribution in [1.29, 1.82) is 0 Å². The van der Waals surface area contributed by atoms with E-state index in [0.29, 0.717) is 20.9 Å². The molecule has 0 radical (unpaired) electrons. The van der Waals surface area contributed by atoms with Crippen LogP contribution in [0.1, 0.15) is 5.76 Å². The second-order valence-electron chi connectivity index (χ2n) is 5.49. The van der Waals surface area contributed by atoms with E-state index in [1.807, 2.05) is 12.1 Å². The highest BCUT2D eigenvalue weighted by molar-refractivity contribution is 7.99. The Labute approximate surface area is 190 Å². The lowest BCUT2D eigenvalue weighted by molar-refractivity contribution is -0.123. The molecule has 1 aromatic heterocycles. The summed E-state index contributed by atoms with van der Waals surface area (Å²) in [5, 5.41) is 5.93. The zero-order valence-corrected chi connectivity index (χ0v) is 18.3. The minimum Gasteiger partial charge on any atom is -0.482 e. The quantitative estimate of drug-likeness (QED) is 0.231. The Morgan fingerprint density at radius 2 is 1.83 bits per heavy atom. The highest BCUT2D eigenvalue weighted by Crippen LogP contribution is 2.35. The molecule has 1 amide bonds. The van der Waals surface area contributed by atoms with Crippen molar-refractivity contribution in [2.75, 3.05) is 6.61 Å². The molecular formula is C19H12Cl4N2O3S. The predicted molar refractivity (Wildman–Crippen MR) is 117 cm³/mol. The molecule has 0 saturated carbocycles. The number of nitrogens with zero attached hydrogens (tertiary/aromatic N) is 1. The molecule has 0 saturated heterocycles. The first kappa shape index (κ1) is 21.9. The second kappa shape index (κ2) is 10.3. The van der Waals surface area contributed by atoms with Crippen LogP contribution in [-0.2, 0) is 4.79 Å². The monoisotopic (exact) mass is 488 g/mol. The highest BCUT2D eigenvalue weighted by Gasteiger charge is 2.10. The maximum absolute atomic E-state index is 11.9. The van der Waals surface area contributed by atoms with E-state index in [0.717, 1.165) is 4.90 Å². The van der Waals surface area contributed by atoms with Crippen LogP contribution in [0.25, 0.3) is 0 Å². The van der Waals surface area contributed by atoms with Gasteiger partial charge in [-0.2, -0.15) is 5.10 Å². The second-order valence-corrected chi connectivity index (χ2v) is 8.23. The molecule has 0 unspecified atom stereocenters. The summed E-state index contributed by atoms with van der Waals surface area (Å²) in [4.78, 5) is 12.8. The van der Waals surface area contributed by atoms with E-state index in [9.17, 15) is 4.79 Å². The number of hydrogen-bond donors (Lipinski definition) is 1. The lowest BCUT2D eigenvalue weighted by atomic mass is 10.3. The zero-order valence-electron chi connectivity index (χ0n) is 14.5. The fourth-order valence-electron chi connectivity index (χ4n) is 2.06. The molecule has 3 aromatic rings. The van der Waals surface area contributed by atoms with Gasteiger partial charge in [-0.15, -0.1) is 0 Å². The molecule has 29 heavy (non-hydrogen) atoms. The Kier molecular flexibility index (Phi) is 7.75.